The number of carbonyl (C=O) groups is 1. The quantitative estimate of drug-likeness (QED) is 0.860. The van der Waals surface area contributed by atoms with Gasteiger partial charge in [-0.2, -0.15) is 0 Å². The zero-order valence-electron chi connectivity index (χ0n) is 12.2. The number of nitrogens with zero attached hydrogens (tertiary/aromatic N) is 1. The third kappa shape index (κ3) is 3.63. The Bertz CT molecular complexity index is 477. The zero-order chi connectivity index (χ0) is 14.0. The number of likely N-dealkylation sites (N-methyl/N-ethyl adjacent to an activating group) is 1. The molecule has 1 aliphatic rings. The van der Waals surface area contributed by atoms with Crippen LogP contribution in [0.5, 0.6) is 0 Å². The smallest absolute Gasteiger partial charge is 0.319 e. The molecule has 0 atom stereocenters. The summed E-state index contributed by atoms with van der Waals surface area (Å²) in [5, 5.41) is 5.77. The molecular formula is C15H23N3O. The van der Waals surface area contributed by atoms with Crippen LogP contribution in [0.2, 0.25) is 0 Å². The molecule has 4 heteroatoms. The number of urea groups is 1. The summed E-state index contributed by atoms with van der Waals surface area (Å²) in [6, 6.07) is 5.96. The normalized spacial score (nSPS) is 14.2. The van der Waals surface area contributed by atoms with Gasteiger partial charge in [-0.05, 0) is 29.5 Å². The molecule has 0 saturated carbocycles. The number of fused-ring (bicyclic) bond motifs is 1. The first-order valence-corrected chi connectivity index (χ1v) is 6.74. The van der Waals surface area contributed by atoms with Gasteiger partial charge >= 0.3 is 6.03 Å². The Balaban J connectivity index is 1.96. The Kier molecular flexibility index (Phi) is 3.69. The van der Waals surface area contributed by atoms with E-state index in [1.54, 1.807) is 0 Å². The lowest BCUT2D eigenvalue weighted by molar-refractivity contribution is 0.247. The molecule has 19 heavy (non-hydrogen) atoms. The van der Waals surface area contributed by atoms with E-state index in [1.165, 1.54) is 11.3 Å². The van der Waals surface area contributed by atoms with E-state index in [-0.39, 0.29) is 11.4 Å². The van der Waals surface area contributed by atoms with Crippen LogP contribution in [0.3, 0.4) is 0 Å². The van der Waals surface area contributed by atoms with Crippen LogP contribution in [-0.2, 0) is 6.42 Å². The lowest BCUT2D eigenvalue weighted by atomic mass is 9.97. The van der Waals surface area contributed by atoms with Gasteiger partial charge in [-0.15, -0.1) is 0 Å². The summed E-state index contributed by atoms with van der Waals surface area (Å²) >= 11 is 0. The molecule has 104 valence electrons. The highest BCUT2D eigenvalue weighted by atomic mass is 16.2. The zero-order valence-corrected chi connectivity index (χ0v) is 12.2. The van der Waals surface area contributed by atoms with Crippen molar-refractivity contribution in [1.29, 1.82) is 0 Å². The fraction of sp³-hybridized carbons (Fsp3) is 0.533. The van der Waals surface area contributed by atoms with Crippen LogP contribution >= 0.6 is 0 Å². The third-order valence-electron chi connectivity index (χ3n) is 3.25. The number of hydrogen-bond acceptors (Lipinski definition) is 2. The van der Waals surface area contributed by atoms with Gasteiger partial charge in [0.2, 0.25) is 0 Å². The maximum absolute atomic E-state index is 11.8. The summed E-state index contributed by atoms with van der Waals surface area (Å²) in [5.74, 6) is 0. The van der Waals surface area contributed by atoms with Crippen molar-refractivity contribution >= 4 is 17.4 Å². The van der Waals surface area contributed by atoms with E-state index in [0.29, 0.717) is 6.54 Å². The van der Waals surface area contributed by atoms with Crippen molar-refractivity contribution in [2.45, 2.75) is 27.2 Å². The van der Waals surface area contributed by atoms with Crippen molar-refractivity contribution in [3.63, 3.8) is 0 Å². The summed E-state index contributed by atoms with van der Waals surface area (Å²) in [5.41, 5.74) is 3.51. The van der Waals surface area contributed by atoms with Gasteiger partial charge in [0.05, 0.1) is 0 Å². The highest BCUT2D eigenvalue weighted by molar-refractivity contribution is 5.90. The van der Waals surface area contributed by atoms with Crippen molar-refractivity contribution in [2.75, 3.05) is 30.4 Å². The highest BCUT2D eigenvalue weighted by Crippen LogP contribution is 2.29. The van der Waals surface area contributed by atoms with E-state index in [9.17, 15) is 4.79 Å². The van der Waals surface area contributed by atoms with E-state index in [1.807, 2.05) is 12.1 Å². The first-order valence-electron chi connectivity index (χ1n) is 6.74. The van der Waals surface area contributed by atoms with Crippen LogP contribution in [0.1, 0.15) is 26.3 Å². The van der Waals surface area contributed by atoms with Gasteiger partial charge in [0, 0.05) is 31.5 Å². The second-order valence-electron chi connectivity index (χ2n) is 6.38. The maximum atomic E-state index is 11.8. The lowest BCUT2D eigenvalue weighted by Gasteiger charge is -2.19. The Labute approximate surface area is 115 Å². The van der Waals surface area contributed by atoms with Crippen LogP contribution in [0.15, 0.2) is 18.2 Å². The predicted molar refractivity (Wildman–Crippen MR) is 79.9 cm³/mol. The molecule has 1 aliphatic heterocycles. The topological polar surface area (TPSA) is 44.4 Å². The van der Waals surface area contributed by atoms with Crippen molar-refractivity contribution < 1.29 is 4.79 Å². The SMILES string of the molecule is CN1CCc2ccc(NC(=O)NCC(C)(C)C)cc21. The first kappa shape index (κ1) is 13.7. The summed E-state index contributed by atoms with van der Waals surface area (Å²) in [4.78, 5) is 14.0. The van der Waals surface area contributed by atoms with Gasteiger partial charge in [0.25, 0.3) is 0 Å². The minimum atomic E-state index is -0.143. The van der Waals surface area contributed by atoms with Gasteiger partial charge in [0.1, 0.15) is 0 Å². The third-order valence-corrected chi connectivity index (χ3v) is 3.25. The molecular weight excluding hydrogens is 238 g/mol. The molecule has 4 nitrogen and oxygen atoms in total. The summed E-state index contributed by atoms with van der Waals surface area (Å²) in [7, 11) is 2.08. The molecule has 0 saturated heterocycles. The number of rotatable bonds is 2. The van der Waals surface area contributed by atoms with Crippen LogP contribution in [0.4, 0.5) is 16.2 Å². The molecule has 0 aliphatic carbocycles. The second kappa shape index (κ2) is 5.11. The van der Waals surface area contributed by atoms with E-state index in [0.717, 1.165) is 18.7 Å². The number of anilines is 2. The molecule has 2 amide bonds. The van der Waals surface area contributed by atoms with Crippen molar-refractivity contribution in [3.8, 4) is 0 Å². The standard InChI is InChI=1S/C15H23N3O/c1-15(2,3)10-16-14(19)17-12-6-5-11-7-8-18(4)13(11)9-12/h5-6,9H,7-8,10H2,1-4H3,(H2,16,17,19). The molecule has 0 radical (unpaired) electrons. The average molecular weight is 261 g/mol. The molecule has 0 bridgehead atoms. The fourth-order valence-electron chi connectivity index (χ4n) is 2.14. The number of carbonyl (C=O) groups excluding carboxylic acids is 1. The summed E-state index contributed by atoms with van der Waals surface area (Å²) < 4.78 is 0. The number of amides is 2. The van der Waals surface area contributed by atoms with Crippen LogP contribution < -0.4 is 15.5 Å². The van der Waals surface area contributed by atoms with E-state index >= 15 is 0 Å². The molecule has 2 rings (SSSR count). The molecule has 1 heterocycles. The minimum Gasteiger partial charge on any atom is -0.374 e. The monoisotopic (exact) mass is 261 g/mol. The minimum absolute atomic E-state index is 0.0928. The Morgan fingerprint density at radius 3 is 2.79 bits per heavy atom. The average Bonchev–Trinajstić information content (AvgIpc) is 2.68. The van der Waals surface area contributed by atoms with Gasteiger partial charge in [-0.3, -0.25) is 0 Å². The van der Waals surface area contributed by atoms with Crippen molar-refractivity contribution in [3.05, 3.63) is 23.8 Å². The highest BCUT2D eigenvalue weighted by Gasteiger charge is 2.16. The Hall–Kier alpha value is -1.71. The van der Waals surface area contributed by atoms with Gasteiger partial charge in [-0.1, -0.05) is 26.8 Å². The van der Waals surface area contributed by atoms with E-state index in [4.69, 9.17) is 0 Å². The summed E-state index contributed by atoms with van der Waals surface area (Å²) in [6.07, 6.45) is 1.09. The van der Waals surface area contributed by atoms with E-state index < -0.39 is 0 Å². The predicted octanol–water partition coefficient (Wildman–Crippen LogP) is 2.85. The molecule has 0 unspecified atom stereocenters. The molecule has 0 fully saturated rings. The Morgan fingerprint density at radius 1 is 1.37 bits per heavy atom. The van der Waals surface area contributed by atoms with E-state index in [2.05, 4.69) is 49.4 Å². The number of nitrogens with one attached hydrogen (secondary N) is 2. The fourth-order valence-corrected chi connectivity index (χ4v) is 2.14. The lowest BCUT2D eigenvalue weighted by Crippen LogP contribution is -2.35. The van der Waals surface area contributed by atoms with Gasteiger partial charge < -0.3 is 15.5 Å². The maximum Gasteiger partial charge on any atom is 0.319 e. The van der Waals surface area contributed by atoms with Crippen LogP contribution in [0.25, 0.3) is 0 Å². The molecule has 2 N–H and O–H groups in total. The summed E-state index contributed by atoms with van der Waals surface area (Å²) in [6.45, 7) is 7.99. The molecule has 0 spiro atoms. The molecule has 1 aromatic rings. The molecule has 0 aromatic heterocycles. The van der Waals surface area contributed by atoms with Gasteiger partial charge in [-0.25, -0.2) is 4.79 Å². The number of benzene rings is 1. The largest absolute Gasteiger partial charge is 0.374 e. The van der Waals surface area contributed by atoms with Crippen molar-refractivity contribution in [2.24, 2.45) is 5.41 Å². The molecule has 1 aromatic carbocycles. The number of hydrogen-bond donors (Lipinski definition) is 2. The van der Waals surface area contributed by atoms with Crippen LogP contribution in [0, 0.1) is 5.41 Å². The van der Waals surface area contributed by atoms with Crippen molar-refractivity contribution in [1.82, 2.24) is 5.32 Å². The second-order valence-corrected chi connectivity index (χ2v) is 6.38. The Morgan fingerprint density at radius 2 is 2.11 bits per heavy atom. The first-order chi connectivity index (χ1) is 8.85. The van der Waals surface area contributed by atoms with Gasteiger partial charge in [0.15, 0.2) is 0 Å². The van der Waals surface area contributed by atoms with Crippen LogP contribution in [-0.4, -0.2) is 26.2 Å².